The third-order valence-electron chi connectivity index (χ3n) is 8.82. The number of esters is 2. The van der Waals surface area contributed by atoms with Crippen molar-refractivity contribution in [3.63, 3.8) is 0 Å². The Kier molecular flexibility index (Phi) is 37.1. The van der Waals surface area contributed by atoms with Gasteiger partial charge in [0.05, 0.1) is 13.2 Å². The van der Waals surface area contributed by atoms with Crippen LogP contribution in [0.15, 0.2) is 24.3 Å². The topological polar surface area (TPSA) is 134 Å². The lowest BCUT2D eigenvalue weighted by Gasteiger charge is -2.19. The van der Waals surface area contributed by atoms with E-state index in [-0.39, 0.29) is 32.6 Å². The Hall–Kier alpha value is -1.51. The predicted molar refractivity (Wildman–Crippen MR) is 211 cm³/mol. The first kappa shape index (κ1) is 49.5. The van der Waals surface area contributed by atoms with E-state index in [4.69, 9.17) is 24.3 Å². The fraction of sp³-hybridized carbons (Fsp3) is 0.854. The number of nitrogens with two attached hydrogens (primary N) is 1. The third-order valence-corrected chi connectivity index (χ3v) is 9.81. The van der Waals surface area contributed by atoms with Crippen LogP contribution in [0.1, 0.15) is 194 Å². The molecule has 0 fully saturated rings. The summed E-state index contributed by atoms with van der Waals surface area (Å²) >= 11 is 0. The first-order valence-corrected chi connectivity index (χ1v) is 22.3. The van der Waals surface area contributed by atoms with Gasteiger partial charge in [-0.05, 0) is 51.4 Å². The lowest BCUT2D eigenvalue weighted by Crippen LogP contribution is -2.29. The minimum absolute atomic E-state index is 0.0499. The maximum Gasteiger partial charge on any atom is 0.472 e. The number of hydrogen-bond acceptors (Lipinski definition) is 8. The van der Waals surface area contributed by atoms with Crippen molar-refractivity contribution in [2.24, 2.45) is 5.73 Å². The lowest BCUT2D eigenvalue weighted by molar-refractivity contribution is -0.161. The van der Waals surface area contributed by atoms with Gasteiger partial charge in [0.2, 0.25) is 0 Å². The van der Waals surface area contributed by atoms with Crippen molar-refractivity contribution in [3.05, 3.63) is 24.3 Å². The summed E-state index contributed by atoms with van der Waals surface area (Å²) in [5.41, 5.74) is 5.34. The number of carbonyl (C=O) groups excluding carboxylic acids is 2. The summed E-state index contributed by atoms with van der Waals surface area (Å²) in [6, 6.07) is 0. The van der Waals surface area contributed by atoms with E-state index in [0.717, 1.165) is 38.5 Å². The Morgan fingerprint density at radius 3 is 1.49 bits per heavy atom. The highest BCUT2D eigenvalue weighted by atomic mass is 31.2. The van der Waals surface area contributed by atoms with Crippen LogP contribution in [0.5, 0.6) is 0 Å². The van der Waals surface area contributed by atoms with Crippen LogP contribution in [0.4, 0.5) is 0 Å². The molecule has 0 aliphatic heterocycles. The highest BCUT2D eigenvalue weighted by molar-refractivity contribution is 7.47. The number of ether oxygens (including phenoxy) is 2. The van der Waals surface area contributed by atoms with Crippen LogP contribution in [0.2, 0.25) is 0 Å². The van der Waals surface area contributed by atoms with Gasteiger partial charge in [-0.3, -0.25) is 18.6 Å². The molecular weight excluding hydrogens is 665 g/mol. The van der Waals surface area contributed by atoms with Gasteiger partial charge >= 0.3 is 19.8 Å². The van der Waals surface area contributed by atoms with Gasteiger partial charge in [-0.1, -0.05) is 154 Å². The molecule has 0 radical (unpaired) electrons. The van der Waals surface area contributed by atoms with Crippen LogP contribution in [-0.2, 0) is 32.7 Å². The molecule has 0 rings (SSSR count). The number of unbranched alkanes of at least 4 members (excludes halogenated alkanes) is 22. The van der Waals surface area contributed by atoms with E-state index in [1.54, 1.807) is 0 Å². The molecule has 0 aromatic rings. The van der Waals surface area contributed by atoms with E-state index < -0.39 is 32.5 Å². The molecule has 0 heterocycles. The molecule has 1 unspecified atom stereocenters. The SMILES string of the molecule is CCCCCC/C=C/CCCCCCCCCC(=O)O[C@H](COC(=O)CC/C=C/CCCCCCCCCCCCC)COP(=O)(O)OCCN. The molecule has 0 saturated carbocycles. The molecule has 10 heteroatoms. The Morgan fingerprint density at radius 1 is 0.569 bits per heavy atom. The van der Waals surface area contributed by atoms with Crippen molar-refractivity contribution >= 4 is 19.8 Å². The summed E-state index contributed by atoms with van der Waals surface area (Å²) in [6.07, 6.45) is 39.3. The molecule has 0 amide bonds. The number of carbonyl (C=O) groups is 2. The van der Waals surface area contributed by atoms with Gasteiger partial charge in [0.15, 0.2) is 6.10 Å². The second-order valence-corrected chi connectivity index (χ2v) is 15.3. The van der Waals surface area contributed by atoms with Crippen LogP contribution in [-0.4, -0.2) is 49.3 Å². The molecule has 0 aliphatic rings. The molecule has 2 atom stereocenters. The minimum Gasteiger partial charge on any atom is -0.462 e. The van der Waals surface area contributed by atoms with Gasteiger partial charge in [0, 0.05) is 19.4 Å². The van der Waals surface area contributed by atoms with E-state index in [1.165, 1.54) is 116 Å². The summed E-state index contributed by atoms with van der Waals surface area (Å²) in [5.74, 6) is -0.887. The zero-order valence-corrected chi connectivity index (χ0v) is 33.7. The van der Waals surface area contributed by atoms with E-state index in [1.807, 2.05) is 6.08 Å². The van der Waals surface area contributed by atoms with Crippen molar-refractivity contribution in [1.29, 1.82) is 0 Å². The largest absolute Gasteiger partial charge is 0.472 e. The number of allylic oxidation sites excluding steroid dienone is 4. The molecule has 0 spiro atoms. The average molecular weight is 744 g/mol. The maximum atomic E-state index is 12.5. The number of phosphoric acid groups is 1. The van der Waals surface area contributed by atoms with Crippen LogP contribution in [0.3, 0.4) is 0 Å². The van der Waals surface area contributed by atoms with Gasteiger partial charge in [0.1, 0.15) is 6.61 Å². The summed E-state index contributed by atoms with van der Waals surface area (Å²) in [6.45, 7) is 3.68. The molecular formula is C41H78NO8P. The molecule has 300 valence electrons. The number of phosphoric ester groups is 1. The normalized spacial score (nSPS) is 13.6. The fourth-order valence-electron chi connectivity index (χ4n) is 5.71. The van der Waals surface area contributed by atoms with E-state index in [0.29, 0.717) is 12.8 Å². The summed E-state index contributed by atoms with van der Waals surface area (Å²) in [5, 5.41) is 0. The summed E-state index contributed by atoms with van der Waals surface area (Å²) in [4.78, 5) is 34.8. The fourth-order valence-corrected chi connectivity index (χ4v) is 6.47. The van der Waals surface area contributed by atoms with Gasteiger partial charge in [0.25, 0.3) is 0 Å². The van der Waals surface area contributed by atoms with Crippen LogP contribution < -0.4 is 5.73 Å². The zero-order valence-electron chi connectivity index (χ0n) is 32.8. The van der Waals surface area contributed by atoms with Crippen molar-refractivity contribution in [1.82, 2.24) is 0 Å². The number of rotatable bonds is 39. The molecule has 0 aromatic heterocycles. The van der Waals surface area contributed by atoms with Crippen LogP contribution in [0.25, 0.3) is 0 Å². The van der Waals surface area contributed by atoms with Crippen molar-refractivity contribution in [3.8, 4) is 0 Å². The maximum absolute atomic E-state index is 12.5. The zero-order chi connectivity index (χ0) is 37.5. The van der Waals surface area contributed by atoms with Gasteiger partial charge < -0.3 is 20.1 Å². The van der Waals surface area contributed by atoms with E-state index in [2.05, 4.69) is 32.1 Å². The second kappa shape index (κ2) is 38.2. The van der Waals surface area contributed by atoms with Gasteiger partial charge in [-0.25, -0.2) is 4.57 Å². The highest BCUT2D eigenvalue weighted by Crippen LogP contribution is 2.43. The van der Waals surface area contributed by atoms with E-state index in [9.17, 15) is 19.0 Å². The highest BCUT2D eigenvalue weighted by Gasteiger charge is 2.25. The first-order valence-electron chi connectivity index (χ1n) is 20.8. The smallest absolute Gasteiger partial charge is 0.462 e. The van der Waals surface area contributed by atoms with Gasteiger partial charge in [-0.15, -0.1) is 0 Å². The van der Waals surface area contributed by atoms with Crippen molar-refractivity contribution < 1.29 is 37.6 Å². The quantitative estimate of drug-likeness (QED) is 0.0273. The second-order valence-electron chi connectivity index (χ2n) is 13.8. The van der Waals surface area contributed by atoms with Crippen LogP contribution >= 0.6 is 7.82 Å². The molecule has 3 N–H and O–H groups in total. The third kappa shape index (κ3) is 38.0. The lowest BCUT2D eigenvalue weighted by atomic mass is 10.1. The monoisotopic (exact) mass is 744 g/mol. The Balaban J connectivity index is 4.21. The molecule has 0 aliphatic carbocycles. The summed E-state index contributed by atoms with van der Waals surface area (Å²) < 4.78 is 32.7. The predicted octanol–water partition coefficient (Wildman–Crippen LogP) is 11.6. The first-order chi connectivity index (χ1) is 24.8. The number of hydrogen-bond donors (Lipinski definition) is 2. The van der Waals surface area contributed by atoms with Gasteiger partial charge in [-0.2, -0.15) is 0 Å². The molecule has 0 aromatic carbocycles. The van der Waals surface area contributed by atoms with Crippen molar-refractivity contribution in [2.75, 3.05) is 26.4 Å². The molecule has 0 bridgehead atoms. The Bertz CT molecular complexity index is 897. The minimum atomic E-state index is -4.38. The average Bonchev–Trinajstić information content (AvgIpc) is 3.11. The Labute approximate surface area is 312 Å². The van der Waals surface area contributed by atoms with Crippen molar-refractivity contribution in [2.45, 2.75) is 200 Å². The molecule has 51 heavy (non-hydrogen) atoms. The van der Waals surface area contributed by atoms with E-state index >= 15 is 0 Å². The standard InChI is InChI=1S/C41H78NO8P/c1-3-5-7-9-11-13-15-17-19-21-23-25-27-29-31-33-40(43)47-37-39(38-49-51(45,46)48-36-35-42)50-41(44)34-32-30-28-26-24-22-20-18-16-14-12-10-8-6-4-2/h14,16,27,29,39H,3-13,15,17-26,28,30-38,42H2,1-2H3,(H,45,46)/b16-14+,29-27+/t39-/m1/s1. The molecule has 0 saturated heterocycles. The van der Waals surface area contributed by atoms with Crippen LogP contribution in [0, 0.1) is 0 Å². The summed E-state index contributed by atoms with van der Waals surface area (Å²) in [7, 11) is -4.38. The Morgan fingerprint density at radius 2 is 1.00 bits per heavy atom. The molecule has 9 nitrogen and oxygen atoms in total.